The van der Waals surface area contributed by atoms with Gasteiger partial charge in [0.2, 0.25) is 0 Å². The van der Waals surface area contributed by atoms with Gasteiger partial charge in [-0.3, -0.25) is 14.8 Å². The first-order valence-electron chi connectivity index (χ1n) is 4.79. The van der Waals surface area contributed by atoms with Gasteiger partial charge >= 0.3 is 0 Å². The second-order valence-electron chi connectivity index (χ2n) is 3.60. The number of hydrogen-bond donors (Lipinski definition) is 0. The first kappa shape index (κ1) is 11.5. The molecule has 0 N–H and O–H groups in total. The zero-order chi connectivity index (χ0) is 12.6. The molecule has 0 spiro atoms. The van der Waals surface area contributed by atoms with Gasteiger partial charge in [-0.25, -0.2) is 4.98 Å². The monoisotopic (exact) mass is 252 g/mol. The molecule has 0 amide bonds. The molecule has 0 atom stereocenters. The number of halogens is 1. The van der Waals surface area contributed by atoms with Crippen LogP contribution in [0.5, 0.6) is 0 Å². The Bertz CT molecular complexity index is 594. The molecule has 17 heavy (non-hydrogen) atoms. The lowest BCUT2D eigenvalue weighted by Gasteiger charge is -2.03. The number of aromatic nitrogens is 3. The highest BCUT2D eigenvalue weighted by Gasteiger charge is 2.18. The molecule has 0 fully saturated rings. The Morgan fingerprint density at radius 2 is 2.18 bits per heavy atom. The molecule has 1 heterocycles. The van der Waals surface area contributed by atoms with Crippen LogP contribution in [0.2, 0.25) is 5.02 Å². The van der Waals surface area contributed by atoms with E-state index in [1.54, 1.807) is 20.0 Å². The van der Waals surface area contributed by atoms with Gasteiger partial charge in [-0.05, 0) is 13.0 Å². The van der Waals surface area contributed by atoms with Gasteiger partial charge in [-0.1, -0.05) is 11.6 Å². The van der Waals surface area contributed by atoms with Crippen molar-refractivity contribution in [3.63, 3.8) is 0 Å². The highest BCUT2D eigenvalue weighted by atomic mass is 35.5. The Balaban J connectivity index is 2.66. The van der Waals surface area contributed by atoms with Gasteiger partial charge in [-0.2, -0.15) is 5.10 Å². The van der Waals surface area contributed by atoms with Crippen molar-refractivity contribution in [2.75, 3.05) is 0 Å². The molecule has 6 nitrogen and oxygen atoms in total. The van der Waals surface area contributed by atoms with E-state index < -0.39 is 4.92 Å². The highest BCUT2D eigenvalue weighted by Crippen LogP contribution is 2.31. The molecule has 7 heteroatoms. The van der Waals surface area contributed by atoms with E-state index in [1.807, 2.05) is 0 Å². The molecular weight excluding hydrogens is 244 g/mol. The SMILES string of the molecule is Cc1c(-c2ncn(C)n2)cc(Cl)cc1[N+](=O)[O-]. The summed E-state index contributed by atoms with van der Waals surface area (Å²) >= 11 is 5.86. The molecule has 2 rings (SSSR count). The lowest BCUT2D eigenvalue weighted by molar-refractivity contribution is -0.385. The lowest BCUT2D eigenvalue weighted by Crippen LogP contribution is -1.96. The molecule has 0 aliphatic heterocycles. The minimum absolute atomic E-state index is 0.0278. The maximum absolute atomic E-state index is 10.9. The Morgan fingerprint density at radius 1 is 1.47 bits per heavy atom. The van der Waals surface area contributed by atoms with Gasteiger partial charge in [0, 0.05) is 29.3 Å². The van der Waals surface area contributed by atoms with E-state index in [0.717, 1.165) is 0 Å². The highest BCUT2D eigenvalue weighted by molar-refractivity contribution is 6.31. The smallest absolute Gasteiger partial charge is 0.258 e. The van der Waals surface area contributed by atoms with Crippen LogP contribution < -0.4 is 0 Å². The van der Waals surface area contributed by atoms with Crippen molar-refractivity contribution in [2.45, 2.75) is 6.92 Å². The molecule has 2 aromatic rings. The number of hydrogen-bond acceptors (Lipinski definition) is 4. The van der Waals surface area contributed by atoms with E-state index in [-0.39, 0.29) is 5.69 Å². The molecule has 88 valence electrons. The fourth-order valence-corrected chi connectivity index (χ4v) is 1.76. The van der Waals surface area contributed by atoms with Crippen molar-refractivity contribution in [2.24, 2.45) is 7.05 Å². The third kappa shape index (κ3) is 2.12. The summed E-state index contributed by atoms with van der Waals surface area (Å²) < 4.78 is 1.53. The summed E-state index contributed by atoms with van der Waals surface area (Å²) in [5.41, 5.74) is 1.05. The quantitative estimate of drug-likeness (QED) is 0.607. The second-order valence-corrected chi connectivity index (χ2v) is 4.03. The summed E-state index contributed by atoms with van der Waals surface area (Å²) in [4.78, 5) is 14.5. The van der Waals surface area contributed by atoms with E-state index in [0.29, 0.717) is 22.0 Å². The van der Waals surface area contributed by atoms with Crippen molar-refractivity contribution in [3.8, 4) is 11.4 Å². The van der Waals surface area contributed by atoms with Crippen molar-refractivity contribution < 1.29 is 4.92 Å². The number of benzene rings is 1. The van der Waals surface area contributed by atoms with Crippen LogP contribution in [0, 0.1) is 17.0 Å². The third-order valence-corrected chi connectivity index (χ3v) is 2.60. The average molecular weight is 253 g/mol. The van der Waals surface area contributed by atoms with E-state index >= 15 is 0 Å². The standard InChI is InChI=1S/C10H9ClN4O2/c1-6-8(10-12-5-14(2)13-10)3-7(11)4-9(6)15(16)17/h3-5H,1-2H3. The van der Waals surface area contributed by atoms with E-state index in [1.165, 1.54) is 17.1 Å². The second kappa shape index (κ2) is 4.14. The van der Waals surface area contributed by atoms with Gasteiger partial charge in [0.05, 0.1) is 4.92 Å². The summed E-state index contributed by atoms with van der Waals surface area (Å²) in [6.45, 7) is 1.65. The first-order valence-corrected chi connectivity index (χ1v) is 5.17. The number of nitro groups is 1. The van der Waals surface area contributed by atoms with Gasteiger partial charge in [0.15, 0.2) is 5.82 Å². The number of nitro benzene ring substituents is 1. The molecule has 0 radical (unpaired) electrons. The zero-order valence-electron chi connectivity index (χ0n) is 9.22. The average Bonchev–Trinajstić information content (AvgIpc) is 2.67. The van der Waals surface area contributed by atoms with Crippen LogP contribution in [-0.4, -0.2) is 19.7 Å². The normalized spacial score (nSPS) is 10.5. The molecule has 1 aromatic carbocycles. The van der Waals surface area contributed by atoms with Gasteiger partial charge in [-0.15, -0.1) is 0 Å². The van der Waals surface area contributed by atoms with Gasteiger partial charge in [0.25, 0.3) is 5.69 Å². The third-order valence-electron chi connectivity index (χ3n) is 2.38. The molecule has 0 saturated carbocycles. The first-order chi connectivity index (χ1) is 7.99. The molecule has 0 saturated heterocycles. The van der Waals surface area contributed by atoms with Crippen LogP contribution in [-0.2, 0) is 7.05 Å². The Morgan fingerprint density at radius 3 is 2.71 bits per heavy atom. The van der Waals surface area contributed by atoms with Crippen molar-refractivity contribution >= 4 is 17.3 Å². The lowest BCUT2D eigenvalue weighted by atomic mass is 10.1. The topological polar surface area (TPSA) is 73.8 Å². The molecular formula is C10H9ClN4O2. The molecule has 0 unspecified atom stereocenters. The van der Waals surface area contributed by atoms with Crippen LogP contribution >= 0.6 is 11.6 Å². The fraction of sp³-hybridized carbons (Fsp3) is 0.200. The predicted octanol–water partition coefficient (Wildman–Crippen LogP) is 2.35. The molecule has 0 bridgehead atoms. The summed E-state index contributed by atoms with van der Waals surface area (Å²) in [6.07, 6.45) is 1.53. The Hall–Kier alpha value is -1.95. The summed E-state index contributed by atoms with van der Waals surface area (Å²) in [7, 11) is 1.73. The van der Waals surface area contributed by atoms with E-state index in [9.17, 15) is 10.1 Å². The maximum atomic E-state index is 10.9. The summed E-state index contributed by atoms with van der Waals surface area (Å²) in [5.74, 6) is 0.426. The minimum atomic E-state index is -0.465. The van der Waals surface area contributed by atoms with Crippen molar-refractivity contribution in [1.82, 2.24) is 14.8 Å². The van der Waals surface area contributed by atoms with Gasteiger partial charge < -0.3 is 0 Å². The Labute approximate surface area is 102 Å². The van der Waals surface area contributed by atoms with Crippen molar-refractivity contribution in [3.05, 3.63) is 39.2 Å². The van der Waals surface area contributed by atoms with Gasteiger partial charge in [0.1, 0.15) is 6.33 Å². The molecule has 1 aromatic heterocycles. The Kier molecular flexibility index (Phi) is 2.81. The van der Waals surface area contributed by atoms with Crippen LogP contribution in [0.3, 0.4) is 0 Å². The minimum Gasteiger partial charge on any atom is -0.258 e. The van der Waals surface area contributed by atoms with E-state index in [4.69, 9.17) is 11.6 Å². The van der Waals surface area contributed by atoms with Crippen LogP contribution in [0.4, 0.5) is 5.69 Å². The van der Waals surface area contributed by atoms with Crippen LogP contribution in [0.15, 0.2) is 18.5 Å². The summed E-state index contributed by atoms with van der Waals surface area (Å²) in [6, 6.07) is 2.95. The molecule has 0 aliphatic carbocycles. The van der Waals surface area contributed by atoms with Crippen LogP contribution in [0.1, 0.15) is 5.56 Å². The zero-order valence-corrected chi connectivity index (χ0v) is 9.97. The molecule has 0 aliphatic rings. The number of aryl methyl sites for hydroxylation is 1. The van der Waals surface area contributed by atoms with Crippen molar-refractivity contribution in [1.29, 1.82) is 0 Å². The summed E-state index contributed by atoms with van der Waals surface area (Å²) in [5, 5.41) is 15.3. The number of nitrogens with zero attached hydrogens (tertiary/aromatic N) is 4. The fourth-order valence-electron chi connectivity index (χ4n) is 1.55. The largest absolute Gasteiger partial charge is 0.274 e. The van der Waals surface area contributed by atoms with Crippen LogP contribution in [0.25, 0.3) is 11.4 Å². The number of rotatable bonds is 2. The predicted molar refractivity (Wildman–Crippen MR) is 62.8 cm³/mol. The maximum Gasteiger partial charge on any atom is 0.274 e. The van der Waals surface area contributed by atoms with E-state index in [2.05, 4.69) is 10.1 Å².